The summed E-state index contributed by atoms with van der Waals surface area (Å²) in [7, 11) is -3.89. The normalized spacial score (nSPS) is 10.9. The molecule has 1 amide bonds. The average molecular weight is 299 g/mol. The van der Waals surface area contributed by atoms with Crippen molar-refractivity contribution in [2.24, 2.45) is 5.92 Å². The molecule has 0 aromatic carbocycles. The Kier molecular flexibility index (Phi) is 9.94. The summed E-state index contributed by atoms with van der Waals surface area (Å²) in [5.41, 5.74) is 0. The van der Waals surface area contributed by atoms with Gasteiger partial charge in [0, 0.05) is 12.5 Å². The molecule has 0 saturated heterocycles. The van der Waals surface area contributed by atoms with Gasteiger partial charge in [0.05, 0.1) is 5.75 Å². The van der Waals surface area contributed by atoms with Gasteiger partial charge in [0.1, 0.15) is 0 Å². The topological polar surface area (TPSA) is 83.5 Å². The second-order valence-corrected chi connectivity index (χ2v) is 4.66. The van der Waals surface area contributed by atoms with Crippen LogP contribution in [0.3, 0.4) is 0 Å². The Balaban J connectivity index is -0.000000240. The Morgan fingerprint density at radius 2 is 2.00 bits per heavy atom. The van der Waals surface area contributed by atoms with Crippen molar-refractivity contribution in [1.82, 2.24) is 5.32 Å². The second kappa shape index (κ2) is 8.06. The largest absolute Gasteiger partial charge is 2.00 e. The van der Waals surface area contributed by atoms with E-state index < -0.39 is 10.1 Å². The van der Waals surface area contributed by atoms with Crippen LogP contribution in [0.4, 0.5) is 0 Å². The molecule has 0 saturated carbocycles. The van der Waals surface area contributed by atoms with Crippen molar-refractivity contribution in [3.63, 3.8) is 0 Å². The zero-order chi connectivity index (χ0) is 10.5. The molecule has 0 fully saturated rings. The van der Waals surface area contributed by atoms with Crippen molar-refractivity contribution in [1.29, 1.82) is 0 Å². The summed E-state index contributed by atoms with van der Waals surface area (Å²) in [5.74, 6) is -0.535. The van der Waals surface area contributed by atoms with Crippen molar-refractivity contribution >= 4 is 61.5 Å². The van der Waals surface area contributed by atoms with Gasteiger partial charge >= 0.3 is 45.5 Å². The molecule has 0 radical (unpaired) electrons. The molecular formula is C7H17NO4SSr. The zero-order valence-corrected chi connectivity index (χ0v) is 12.8. The van der Waals surface area contributed by atoms with Gasteiger partial charge in [0.25, 0.3) is 10.1 Å². The number of nitrogens with one attached hydrogen (secondary N) is 1. The Hall–Kier alpha value is 0.861. The number of hydrogen-bond donors (Lipinski definition) is 2. The summed E-state index contributed by atoms with van der Waals surface area (Å²) in [4.78, 5) is 10.9. The van der Waals surface area contributed by atoms with E-state index in [-0.39, 0.29) is 78.9 Å². The van der Waals surface area contributed by atoms with Crippen molar-refractivity contribution in [2.75, 3.05) is 12.3 Å². The summed E-state index contributed by atoms with van der Waals surface area (Å²) in [6.45, 7) is 3.77. The molecule has 0 rings (SSSR count). The molecule has 0 aromatic rings. The summed E-state index contributed by atoms with van der Waals surface area (Å²) in [5, 5.41) is 2.54. The number of carbonyl (C=O) groups excluding carboxylic acids is 1. The number of carbonyl (C=O) groups is 1. The summed E-state index contributed by atoms with van der Waals surface area (Å²) in [6.07, 6.45) is 0.233. The van der Waals surface area contributed by atoms with Crippen molar-refractivity contribution in [3.05, 3.63) is 0 Å². The van der Waals surface area contributed by atoms with Crippen LogP contribution in [0.1, 0.15) is 23.1 Å². The molecule has 0 aliphatic carbocycles. The smallest absolute Gasteiger partial charge is 1.00 e. The minimum atomic E-state index is -3.89. The molecular weight excluding hydrogens is 282 g/mol. The van der Waals surface area contributed by atoms with E-state index in [9.17, 15) is 13.2 Å². The van der Waals surface area contributed by atoms with Crippen LogP contribution in [0.25, 0.3) is 0 Å². The van der Waals surface area contributed by atoms with E-state index in [1.165, 1.54) is 0 Å². The van der Waals surface area contributed by atoms with Crippen LogP contribution in [0.2, 0.25) is 0 Å². The van der Waals surface area contributed by atoms with E-state index in [1.807, 2.05) is 0 Å². The van der Waals surface area contributed by atoms with Crippen molar-refractivity contribution in [2.45, 2.75) is 20.3 Å². The molecule has 0 aliphatic heterocycles. The van der Waals surface area contributed by atoms with Gasteiger partial charge in [-0.1, -0.05) is 13.8 Å². The maximum atomic E-state index is 10.9. The van der Waals surface area contributed by atoms with Crippen LogP contribution < -0.4 is 5.32 Å². The van der Waals surface area contributed by atoms with Crippen molar-refractivity contribution < 1.29 is 20.6 Å². The van der Waals surface area contributed by atoms with E-state index in [1.54, 1.807) is 13.8 Å². The molecule has 0 aromatic heterocycles. The SMILES string of the molecule is CC(C)C(=O)NCCCS(=O)(=O)O.[H-].[H-].[Sr+2]. The van der Waals surface area contributed by atoms with Crippen LogP contribution in [0.5, 0.6) is 0 Å². The zero-order valence-electron chi connectivity index (χ0n) is 10.5. The minimum Gasteiger partial charge on any atom is -1.00 e. The number of amides is 1. The fourth-order valence-corrected chi connectivity index (χ4v) is 1.18. The van der Waals surface area contributed by atoms with Gasteiger partial charge in [0.15, 0.2) is 0 Å². The second-order valence-electron chi connectivity index (χ2n) is 3.09. The third-order valence-corrected chi connectivity index (χ3v) is 2.21. The average Bonchev–Trinajstić information content (AvgIpc) is 1.95. The molecule has 5 nitrogen and oxygen atoms in total. The fraction of sp³-hybridized carbons (Fsp3) is 0.857. The first-order valence-corrected chi connectivity index (χ1v) is 5.66. The van der Waals surface area contributed by atoms with E-state index in [4.69, 9.17) is 4.55 Å². The molecule has 2 N–H and O–H groups in total. The third kappa shape index (κ3) is 10.9. The van der Waals surface area contributed by atoms with E-state index in [0.29, 0.717) is 0 Å². The molecule has 82 valence electrons. The van der Waals surface area contributed by atoms with Gasteiger partial charge in [0.2, 0.25) is 5.91 Å². The number of rotatable bonds is 5. The maximum absolute atomic E-state index is 10.9. The molecule has 0 unspecified atom stereocenters. The first-order chi connectivity index (χ1) is 5.83. The van der Waals surface area contributed by atoms with Crippen LogP contribution >= 0.6 is 0 Å². The van der Waals surface area contributed by atoms with Gasteiger partial charge in [-0.05, 0) is 6.42 Å². The summed E-state index contributed by atoms with van der Waals surface area (Å²) >= 11 is 0. The van der Waals surface area contributed by atoms with Crippen molar-refractivity contribution in [3.8, 4) is 0 Å². The van der Waals surface area contributed by atoms with Crippen LogP contribution in [-0.2, 0) is 14.9 Å². The van der Waals surface area contributed by atoms with Gasteiger partial charge in [-0.25, -0.2) is 0 Å². The van der Waals surface area contributed by atoms with Gasteiger partial charge in [-0.15, -0.1) is 0 Å². The number of hydrogen-bond acceptors (Lipinski definition) is 3. The first kappa shape index (κ1) is 17.3. The molecule has 0 bridgehead atoms. The quantitative estimate of drug-likeness (QED) is 0.421. The Morgan fingerprint density at radius 3 is 2.36 bits per heavy atom. The standard InChI is InChI=1S/C7H15NO4S.Sr.2H/c1-6(2)7(9)8-4-3-5-13(10,11)12;;;/h6H,3-5H2,1-2H3,(H,8,9)(H,10,11,12);;;/q;+2;2*-1. The molecule has 0 atom stereocenters. The third-order valence-electron chi connectivity index (χ3n) is 1.40. The Morgan fingerprint density at radius 1 is 1.50 bits per heavy atom. The Bertz CT molecular complexity index is 272. The predicted octanol–water partition coefficient (Wildman–Crippen LogP) is -0.119. The maximum Gasteiger partial charge on any atom is 2.00 e. The van der Waals surface area contributed by atoms with Crippen LogP contribution in [-0.4, -0.2) is 76.7 Å². The van der Waals surface area contributed by atoms with Gasteiger partial charge in [-0.2, -0.15) is 8.42 Å². The minimum absolute atomic E-state index is 0. The molecule has 14 heavy (non-hydrogen) atoms. The van der Waals surface area contributed by atoms with Crippen LogP contribution in [0, 0.1) is 5.92 Å². The molecule has 7 heteroatoms. The molecule has 0 spiro atoms. The van der Waals surface area contributed by atoms with Gasteiger partial charge in [-0.3, -0.25) is 9.35 Å². The van der Waals surface area contributed by atoms with E-state index in [2.05, 4.69) is 5.32 Å². The predicted molar refractivity (Wildman–Crippen MR) is 56.9 cm³/mol. The Labute approximate surface area is 125 Å². The summed E-state index contributed by atoms with van der Waals surface area (Å²) in [6, 6.07) is 0. The molecule has 0 heterocycles. The van der Waals surface area contributed by atoms with E-state index in [0.717, 1.165) is 0 Å². The monoisotopic (exact) mass is 299 g/mol. The summed E-state index contributed by atoms with van der Waals surface area (Å²) < 4.78 is 28.9. The van der Waals surface area contributed by atoms with E-state index >= 15 is 0 Å². The van der Waals surface area contributed by atoms with Crippen LogP contribution in [0.15, 0.2) is 0 Å². The first-order valence-electron chi connectivity index (χ1n) is 4.06. The van der Waals surface area contributed by atoms with Gasteiger partial charge < -0.3 is 8.17 Å². The molecule has 0 aliphatic rings. The fourth-order valence-electron chi connectivity index (χ4n) is 0.670.